The van der Waals surface area contributed by atoms with Gasteiger partial charge in [-0.1, -0.05) is 48.5 Å². The first-order valence-electron chi connectivity index (χ1n) is 9.74. The fraction of sp³-hybridized carbons (Fsp3) is 0.318. The van der Waals surface area contributed by atoms with Gasteiger partial charge in [0, 0.05) is 26.1 Å². The Bertz CT molecular complexity index is 923. The smallest absolute Gasteiger partial charge is 0.293 e. The minimum absolute atomic E-state index is 0.0840. The molecule has 0 bridgehead atoms. The number of benzene rings is 2. The van der Waals surface area contributed by atoms with E-state index in [0.29, 0.717) is 13.0 Å². The van der Waals surface area contributed by atoms with Crippen LogP contribution in [0, 0.1) is 0 Å². The minimum atomic E-state index is -0.0840. The van der Waals surface area contributed by atoms with Crippen LogP contribution in [0.3, 0.4) is 0 Å². The number of hydrogen-bond acceptors (Lipinski definition) is 4. The molecule has 0 spiro atoms. The van der Waals surface area contributed by atoms with E-state index in [9.17, 15) is 4.79 Å². The van der Waals surface area contributed by atoms with E-state index >= 15 is 0 Å². The normalized spacial score (nSPS) is 15.4. The summed E-state index contributed by atoms with van der Waals surface area (Å²) < 4.78 is 1.80. The maximum Gasteiger partial charge on any atom is 0.293 e. The molecule has 0 saturated carbocycles. The lowest BCUT2D eigenvalue weighted by molar-refractivity contribution is 0.0750. The lowest BCUT2D eigenvalue weighted by atomic mass is 10.1. The van der Waals surface area contributed by atoms with Crippen LogP contribution in [0.4, 0.5) is 0 Å². The lowest BCUT2D eigenvalue weighted by Crippen LogP contribution is -2.35. The first-order valence-corrected chi connectivity index (χ1v) is 9.74. The van der Waals surface area contributed by atoms with Crippen LogP contribution in [0.15, 0.2) is 60.7 Å². The molecule has 2 aromatic carbocycles. The van der Waals surface area contributed by atoms with Crippen molar-refractivity contribution in [2.75, 3.05) is 33.2 Å². The molecule has 1 saturated heterocycles. The molecule has 0 N–H and O–H groups in total. The Morgan fingerprint density at radius 3 is 2.39 bits per heavy atom. The SMILES string of the molecule is CN1CCCN(C(=O)c2nc(Cc3ccccc3)n(-c3ccccc3)n2)CC1. The highest BCUT2D eigenvalue weighted by molar-refractivity contribution is 5.90. The molecule has 1 amide bonds. The van der Waals surface area contributed by atoms with E-state index in [-0.39, 0.29) is 11.7 Å². The van der Waals surface area contributed by atoms with E-state index in [0.717, 1.165) is 43.1 Å². The molecule has 0 radical (unpaired) electrons. The number of likely N-dealkylation sites (N-methyl/N-ethyl adjacent to an activating group) is 1. The Morgan fingerprint density at radius 1 is 0.929 bits per heavy atom. The molecule has 1 aromatic heterocycles. The lowest BCUT2D eigenvalue weighted by Gasteiger charge is -2.18. The number of amides is 1. The average molecular weight is 375 g/mol. The van der Waals surface area contributed by atoms with Gasteiger partial charge in [-0.3, -0.25) is 4.79 Å². The number of nitrogens with zero attached hydrogens (tertiary/aromatic N) is 5. The number of aromatic nitrogens is 3. The fourth-order valence-corrected chi connectivity index (χ4v) is 3.49. The molecule has 6 nitrogen and oxygen atoms in total. The highest BCUT2D eigenvalue weighted by Gasteiger charge is 2.24. The monoisotopic (exact) mass is 375 g/mol. The molecule has 0 aliphatic carbocycles. The van der Waals surface area contributed by atoms with Crippen LogP contribution in [0.2, 0.25) is 0 Å². The highest BCUT2D eigenvalue weighted by Crippen LogP contribution is 2.15. The summed E-state index contributed by atoms with van der Waals surface area (Å²) in [6.07, 6.45) is 1.59. The topological polar surface area (TPSA) is 54.3 Å². The Balaban J connectivity index is 1.65. The van der Waals surface area contributed by atoms with Crippen molar-refractivity contribution in [1.82, 2.24) is 24.6 Å². The molecule has 4 rings (SSSR count). The molecule has 0 atom stereocenters. The van der Waals surface area contributed by atoms with Crippen molar-refractivity contribution in [3.8, 4) is 5.69 Å². The molecule has 6 heteroatoms. The highest BCUT2D eigenvalue weighted by atomic mass is 16.2. The van der Waals surface area contributed by atoms with Gasteiger partial charge in [0.05, 0.1) is 5.69 Å². The first-order chi connectivity index (χ1) is 13.7. The van der Waals surface area contributed by atoms with Crippen LogP contribution >= 0.6 is 0 Å². The van der Waals surface area contributed by atoms with Crippen LogP contribution in [0.5, 0.6) is 0 Å². The Kier molecular flexibility index (Phi) is 5.48. The zero-order valence-corrected chi connectivity index (χ0v) is 16.2. The van der Waals surface area contributed by atoms with Crippen LogP contribution in [0.25, 0.3) is 5.69 Å². The van der Waals surface area contributed by atoms with E-state index in [4.69, 9.17) is 0 Å². The molecule has 144 valence electrons. The quantitative estimate of drug-likeness (QED) is 0.703. The zero-order chi connectivity index (χ0) is 19.3. The second-order valence-electron chi connectivity index (χ2n) is 7.21. The molecule has 28 heavy (non-hydrogen) atoms. The van der Waals surface area contributed by atoms with Crippen LogP contribution in [0.1, 0.15) is 28.4 Å². The van der Waals surface area contributed by atoms with Gasteiger partial charge in [0.25, 0.3) is 5.91 Å². The van der Waals surface area contributed by atoms with Crippen molar-refractivity contribution >= 4 is 5.91 Å². The maximum atomic E-state index is 13.1. The van der Waals surface area contributed by atoms with Gasteiger partial charge in [-0.15, -0.1) is 5.10 Å². The predicted molar refractivity (Wildman–Crippen MR) is 109 cm³/mol. The van der Waals surface area contributed by atoms with E-state index in [1.807, 2.05) is 53.4 Å². The van der Waals surface area contributed by atoms with Crippen molar-refractivity contribution in [3.63, 3.8) is 0 Å². The van der Waals surface area contributed by atoms with Gasteiger partial charge in [0.1, 0.15) is 5.82 Å². The van der Waals surface area contributed by atoms with E-state index in [2.05, 4.69) is 34.2 Å². The second kappa shape index (κ2) is 8.35. The largest absolute Gasteiger partial charge is 0.335 e. The number of rotatable bonds is 4. The number of carbonyl (C=O) groups excluding carboxylic acids is 1. The zero-order valence-electron chi connectivity index (χ0n) is 16.2. The van der Waals surface area contributed by atoms with E-state index in [1.165, 1.54) is 0 Å². The van der Waals surface area contributed by atoms with Gasteiger partial charge in [0.15, 0.2) is 0 Å². The number of carbonyl (C=O) groups is 1. The van der Waals surface area contributed by atoms with Gasteiger partial charge in [-0.25, -0.2) is 9.67 Å². The fourth-order valence-electron chi connectivity index (χ4n) is 3.49. The molecular formula is C22H25N5O. The van der Waals surface area contributed by atoms with Crippen LogP contribution in [-0.4, -0.2) is 63.7 Å². The molecular weight excluding hydrogens is 350 g/mol. The van der Waals surface area contributed by atoms with E-state index < -0.39 is 0 Å². The van der Waals surface area contributed by atoms with Gasteiger partial charge in [-0.2, -0.15) is 0 Å². The summed E-state index contributed by atoms with van der Waals surface area (Å²) in [6, 6.07) is 20.0. The van der Waals surface area contributed by atoms with Crippen molar-refractivity contribution in [2.45, 2.75) is 12.8 Å². The predicted octanol–water partition coefficient (Wildman–Crippen LogP) is 2.64. The first kappa shape index (κ1) is 18.4. The summed E-state index contributed by atoms with van der Waals surface area (Å²) in [5.74, 6) is 0.964. The van der Waals surface area contributed by atoms with Crippen LogP contribution in [-0.2, 0) is 6.42 Å². The Hall–Kier alpha value is -2.99. The summed E-state index contributed by atoms with van der Waals surface area (Å²) in [5.41, 5.74) is 2.05. The molecule has 1 aliphatic rings. The van der Waals surface area contributed by atoms with Gasteiger partial charge < -0.3 is 9.80 Å². The Morgan fingerprint density at radius 2 is 1.64 bits per heavy atom. The Labute approximate surface area is 165 Å². The third-order valence-corrected chi connectivity index (χ3v) is 5.08. The number of hydrogen-bond donors (Lipinski definition) is 0. The molecule has 0 unspecified atom stereocenters. The molecule has 1 fully saturated rings. The van der Waals surface area contributed by atoms with Crippen molar-refractivity contribution in [1.29, 1.82) is 0 Å². The third-order valence-electron chi connectivity index (χ3n) is 5.08. The summed E-state index contributed by atoms with van der Waals surface area (Å²) in [7, 11) is 2.09. The maximum absolute atomic E-state index is 13.1. The third kappa shape index (κ3) is 4.12. The van der Waals surface area contributed by atoms with Crippen LogP contribution < -0.4 is 0 Å². The number of para-hydroxylation sites is 1. The standard InChI is InChI=1S/C22H25N5O/c1-25-13-8-14-26(16-15-25)22(28)21-23-20(17-18-9-4-2-5-10-18)27(24-21)19-11-6-3-7-12-19/h2-7,9-12H,8,13-17H2,1H3. The van der Waals surface area contributed by atoms with Crippen molar-refractivity contribution < 1.29 is 4.79 Å². The molecule has 2 heterocycles. The van der Waals surface area contributed by atoms with Gasteiger partial charge in [-0.05, 0) is 37.7 Å². The summed E-state index contributed by atoms with van der Waals surface area (Å²) in [5, 5.41) is 4.60. The van der Waals surface area contributed by atoms with E-state index in [1.54, 1.807) is 4.68 Å². The molecule has 3 aromatic rings. The van der Waals surface area contributed by atoms with Gasteiger partial charge >= 0.3 is 0 Å². The van der Waals surface area contributed by atoms with Gasteiger partial charge in [0.2, 0.25) is 5.82 Å². The van der Waals surface area contributed by atoms with Crippen molar-refractivity contribution in [3.05, 3.63) is 77.9 Å². The second-order valence-corrected chi connectivity index (χ2v) is 7.21. The molecule has 1 aliphatic heterocycles. The summed E-state index contributed by atoms with van der Waals surface area (Å²) in [4.78, 5) is 21.9. The summed E-state index contributed by atoms with van der Waals surface area (Å²) >= 11 is 0. The minimum Gasteiger partial charge on any atom is -0.335 e. The summed E-state index contributed by atoms with van der Waals surface area (Å²) in [6.45, 7) is 3.34. The van der Waals surface area contributed by atoms with Crippen molar-refractivity contribution in [2.24, 2.45) is 0 Å². The average Bonchev–Trinajstić information content (AvgIpc) is 3.02.